The predicted molar refractivity (Wildman–Crippen MR) is 150 cm³/mol. The van der Waals surface area contributed by atoms with E-state index < -0.39 is 27.3 Å². The fourth-order valence-corrected chi connectivity index (χ4v) is 6.99. The predicted octanol–water partition coefficient (Wildman–Crippen LogP) is 4.64. The monoisotopic (exact) mass is 587 g/mol. The van der Waals surface area contributed by atoms with Crippen LogP contribution in [0.3, 0.4) is 0 Å². The van der Waals surface area contributed by atoms with Crippen LogP contribution in [0.1, 0.15) is 62.0 Å². The van der Waals surface area contributed by atoms with Gasteiger partial charge in [0.1, 0.15) is 5.92 Å². The zero-order valence-electron chi connectivity index (χ0n) is 22.8. The molecule has 3 aliphatic rings. The summed E-state index contributed by atoms with van der Waals surface area (Å²) in [5.41, 5.74) is 1.14. The number of carbonyl (C=O) groups is 3. The van der Waals surface area contributed by atoms with Gasteiger partial charge in [0.25, 0.3) is 0 Å². The van der Waals surface area contributed by atoms with Gasteiger partial charge < -0.3 is 14.4 Å². The molecule has 2 aromatic carbocycles. The Balaban J connectivity index is 1.28. The van der Waals surface area contributed by atoms with Gasteiger partial charge in [-0.15, -0.1) is 0 Å². The van der Waals surface area contributed by atoms with Gasteiger partial charge in [-0.3, -0.25) is 14.4 Å². The molecule has 1 spiro atoms. The average Bonchev–Trinajstić information content (AvgIpc) is 3.51. The Morgan fingerprint density at radius 3 is 2.58 bits per heavy atom. The van der Waals surface area contributed by atoms with E-state index in [2.05, 4.69) is 0 Å². The van der Waals surface area contributed by atoms with Gasteiger partial charge in [-0.25, -0.2) is 8.42 Å². The summed E-state index contributed by atoms with van der Waals surface area (Å²) >= 11 is 6.63. The number of aryl methyl sites for hydroxylation is 1. The van der Waals surface area contributed by atoms with Gasteiger partial charge in [-0.2, -0.15) is 0 Å². The molecule has 2 aromatic rings. The highest BCUT2D eigenvalue weighted by molar-refractivity contribution is 7.90. The number of amides is 1. The Morgan fingerprint density at radius 1 is 1.15 bits per heavy atom. The first-order chi connectivity index (χ1) is 19.0. The summed E-state index contributed by atoms with van der Waals surface area (Å²) in [5, 5.41) is 0.302. The minimum Gasteiger partial charge on any atom is -0.450 e. The van der Waals surface area contributed by atoms with Crippen molar-refractivity contribution in [3.63, 3.8) is 0 Å². The molecule has 5 rings (SSSR count). The van der Waals surface area contributed by atoms with E-state index in [0.717, 1.165) is 38.5 Å². The Hall–Kier alpha value is -2.75. The van der Waals surface area contributed by atoms with Crippen molar-refractivity contribution in [1.82, 2.24) is 4.90 Å². The van der Waals surface area contributed by atoms with Crippen LogP contribution in [0.2, 0.25) is 5.02 Å². The summed E-state index contributed by atoms with van der Waals surface area (Å²) in [6, 6.07) is 9.85. The molecule has 8 nitrogen and oxygen atoms in total. The highest BCUT2D eigenvalue weighted by Gasteiger charge is 2.57. The van der Waals surface area contributed by atoms with E-state index in [-0.39, 0.29) is 35.5 Å². The SMILES string of the molecule is Cc1cc(-c2cccc(S(C)(=O)=O)c2)c(Cl)cc1C1C(=O)OC2(CCN(C(=O)CCCC3CCCO3)CC2)C1=O. The first-order valence-electron chi connectivity index (χ1n) is 13.8. The lowest BCUT2D eigenvalue weighted by Crippen LogP contribution is -2.50. The number of piperidine rings is 1. The van der Waals surface area contributed by atoms with E-state index in [9.17, 15) is 22.8 Å². The minimum absolute atomic E-state index is 0.0549. The van der Waals surface area contributed by atoms with E-state index in [1.807, 2.05) is 0 Å². The normalized spacial score (nSPS) is 22.6. The van der Waals surface area contributed by atoms with Crippen LogP contribution in [0.25, 0.3) is 11.1 Å². The Bertz CT molecular complexity index is 1440. The maximum absolute atomic E-state index is 13.7. The second-order valence-corrected chi connectivity index (χ2v) is 13.5. The van der Waals surface area contributed by atoms with Crippen molar-refractivity contribution in [2.45, 2.75) is 74.4 Å². The van der Waals surface area contributed by atoms with Crippen LogP contribution in [0.5, 0.6) is 0 Å². The molecule has 40 heavy (non-hydrogen) atoms. The third-order valence-corrected chi connectivity index (χ3v) is 9.77. The number of ether oxygens (including phenoxy) is 2. The van der Waals surface area contributed by atoms with Crippen LogP contribution in [0.15, 0.2) is 41.3 Å². The smallest absolute Gasteiger partial charge is 0.322 e. The van der Waals surface area contributed by atoms with Crippen LogP contribution in [0, 0.1) is 6.92 Å². The van der Waals surface area contributed by atoms with Gasteiger partial charge in [-0.05, 0) is 73.6 Å². The molecule has 0 saturated carbocycles. The zero-order valence-corrected chi connectivity index (χ0v) is 24.4. The van der Waals surface area contributed by atoms with E-state index in [1.165, 1.54) is 6.07 Å². The lowest BCUT2D eigenvalue weighted by Gasteiger charge is -2.37. The second kappa shape index (κ2) is 11.3. The molecule has 0 aromatic heterocycles. The third kappa shape index (κ3) is 5.69. The van der Waals surface area contributed by atoms with Crippen LogP contribution in [-0.4, -0.2) is 68.6 Å². The molecule has 2 atom stereocenters. The largest absolute Gasteiger partial charge is 0.450 e. The van der Waals surface area contributed by atoms with Crippen molar-refractivity contribution in [2.24, 2.45) is 0 Å². The number of benzene rings is 2. The van der Waals surface area contributed by atoms with Crippen molar-refractivity contribution in [1.29, 1.82) is 0 Å². The molecule has 3 heterocycles. The van der Waals surface area contributed by atoms with E-state index in [4.69, 9.17) is 21.1 Å². The van der Waals surface area contributed by atoms with Crippen LogP contribution in [-0.2, 0) is 33.7 Å². The Morgan fingerprint density at radius 2 is 1.90 bits per heavy atom. The van der Waals surface area contributed by atoms with Crippen molar-refractivity contribution in [3.8, 4) is 11.1 Å². The van der Waals surface area contributed by atoms with Gasteiger partial charge >= 0.3 is 5.97 Å². The number of sulfone groups is 1. The highest BCUT2D eigenvalue weighted by atomic mass is 35.5. The highest BCUT2D eigenvalue weighted by Crippen LogP contribution is 2.43. The summed E-state index contributed by atoms with van der Waals surface area (Å²) in [6.45, 7) is 3.31. The molecular weight excluding hydrogens is 554 g/mol. The van der Waals surface area contributed by atoms with E-state index in [1.54, 1.807) is 42.2 Å². The van der Waals surface area contributed by atoms with Crippen molar-refractivity contribution < 1.29 is 32.3 Å². The average molecular weight is 588 g/mol. The number of ketones is 1. The quantitative estimate of drug-likeness (QED) is 0.343. The van der Waals surface area contributed by atoms with Gasteiger partial charge in [0.2, 0.25) is 5.91 Å². The van der Waals surface area contributed by atoms with E-state index in [0.29, 0.717) is 46.8 Å². The molecule has 0 bridgehead atoms. The number of hydrogen-bond donors (Lipinski definition) is 0. The van der Waals surface area contributed by atoms with Crippen molar-refractivity contribution in [2.75, 3.05) is 26.0 Å². The fourth-order valence-electron chi connectivity index (χ4n) is 6.04. The number of esters is 1. The molecule has 0 aliphatic carbocycles. The summed E-state index contributed by atoms with van der Waals surface area (Å²) in [7, 11) is -3.40. The van der Waals surface area contributed by atoms with Crippen LogP contribution in [0.4, 0.5) is 0 Å². The van der Waals surface area contributed by atoms with Gasteiger partial charge in [-0.1, -0.05) is 23.7 Å². The lowest BCUT2D eigenvalue weighted by atomic mass is 9.80. The fraction of sp³-hybridized carbons (Fsp3) is 0.500. The number of hydrogen-bond acceptors (Lipinski definition) is 7. The van der Waals surface area contributed by atoms with Gasteiger partial charge in [0.05, 0.1) is 11.0 Å². The summed E-state index contributed by atoms with van der Waals surface area (Å²) in [6.07, 6.45) is 6.18. The number of rotatable bonds is 7. The van der Waals surface area contributed by atoms with Crippen molar-refractivity contribution >= 4 is 39.1 Å². The Labute approximate surface area is 239 Å². The van der Waals surface area contributed by atoms with Gasteiger partial charge in [0, 0.05) is 55.8 Å². The number of Topliss-reactive ketones (excluding diaryl/α,β-unsaturated/α-hetero) is 1. The topological polar surface area (TPSA) is 107 Å². The molecule has 3 fully saturated rings. The maximum atomic E-state index is 13.7. The van der Waals surface area contributed by atoms with Crippen molar-refractivity contribution in [3.05, 3.63) is 52.5 Å². The first kappa shape index (κ1) is 28.8. The number of carbonyl (C=O) groups excluding carboxylic acids is 3. The molecule has 3 aliphatic heterocycles. The second-order valence-electron chi connectivity index (χ2n) is 11.1. The summed E-state index contributed by atoms with van der Waals surface area (Å²) in [4.78, 5) is 41.5. The molecule has 0 radical (unpaired) electrons. The number of nitrogens with zero attached hydrogens (tertiary/aromatic N) is 1. The minimum atomic E-state index is -3.40. The van der Waals surface area contributed by atoms with Gasteiger partial charge in [0.15, 0.2) is 21.2 Å². The molecule has 10 heteroatoms. The standard InChI is InChI=1S/C30H34ClNO7S/c1-19-16-24(20-6-3-9-22(17-20)40(2,36)37)25(31)18-23(19)27-28(34)30(39-29(27)35)11-13-32(14-12-30)26(33)10-4-7-21-8-5-15-38-21/h3,6,9,16-18,21,27H,4-5,7-8,10-15H2,1-2H3. The third-order valence-electron chi connectivity index (χ3n) is 8.35. The lowest BCUT2D eigenvalue weighted by molar-refractivity contribution is -0.158. The maximum Gasteiger partial charge on any atom is 0.322 e. The molecule has 3 saturated heterocycles. The van der Waals surface area contributed by atoms with Crippen LogP contribution < -0.4 is 0 Å². The summed E-state index contributed by atoms with van der Waals surface area (Å²) < 4.78 is 35.4. The van der Waals surface area contributed by atoms with Crippen LogP contribution >= 0.6 is 11.6 Å². The molecule has 2 unspecified atom stereocenters. The van der Waals surface area contributed by atoms with E-state index >= 15 is 0 Å². The molecule has 0 N–H and O–H groups in total. The zero-order chi connectivity index (χ0) is 28.7. The molecular formula is C30H34ClNO7S. The molecule has 214 valence electrons. The molecule has 1 amide bonds. The number of likely N-dealkylation sites (tertiary alicyclic amines) is 1. The number of halogens is 1. The summed E-state index contributed by atoms with van der Waals surface area (Å²) in [5.74, 6) is -1.94. The Kier molecular flexibility index (Phi) is 8.10. The first-order valence-corrected chi connectivity index (χ1v) is 16.0.